The van der Waals surface area contributed by atoms with Crippen LogP contribution in [0.25, 0.3) is 5.57 Å². The zero-order valence-electron chi connectivity index (χ0n) is 12.1. The fourth-order valence-electron chi connectivity index (χ4n) is 3.05. The van der Waals surface area contributed by atoms with Gasteiger partial charge in [-0.15, -0.1) is 0 Å². The highest BCUT2D eigenvalue weighted by atomic mass is 16.5. The predicted octanol–water partition coefficient (Wildman–Crippen LogP) is 1.76. The lowest BCUT2D eigenvalue weighted by atomic mass is 9.87. The van der Waals surface area contributed by atoms with Crippen molar-refractivity contribution in [2.24, 2.45) is 11.8 Å². The molecule has 3 rings (SSSR count). The molecule has 2 aliphatic rings. The predicted molar refractivity (Wildman–Crippen MR) is 78.7 cm³/mol. The fourth-order valence-corrected chi connectivity index (χ4v) is 3.05. The Morgan fingerprint density at radius 1 is 1.43 bits per heavy atom. The molecule has 0 spiro atoms. The van der Waals surface area contributed by atoms with E-state index in [2.05, 4.69) is 22.8 Å². The first-order valence-electron chi connectivity index (χ1n) is 7.63. The van der Waals surface area contributed by atoms with Gasteiger partial charge in [-0.3, -0.25) is 10.2 Å². The van der Waals surface area contributed by atoms with E-state index in [1.165, 1.54) is 12.0 Å². The third kappa shape index (κ3) is 3.16. The standard InChI is InChI=1S/C15H22N4O2/c16-18-15(20)12-6-4-11(5-7-12)13-9-17-19(10-13)14-3-1-2-8-21-14/h4,9-10,12,14H,1-3,5-8,16H2,(H,18,20)/t12-,14?/m0/s1. The van der Waals surface area contributed by atoms with Crippen LogP contribution in [0.1, 0.15) is 50.3 Å². The molecule has 114 valence electrons. The first kappa shape index (κ1) is 14.3. The molecule has 1 amide bonds. The van der Waals surface area contributed by atoms with Gasteiger partial charge < -0.3 is 4.74 Å². The van der Waals surface area contributed by atoms with E-state index in [1.54, 1.807) is 0 Å². The van der Waals surface area contributed by atoms with Crippen molar-refractivity contribution in [3.63, 3.8) is 0 Å². The smallest absolute Gasteiger partial charge is 0.237 e. The molecule has 1 unspecified atom stereocenters. The molecule has 21 heavy (non-hydrogen) atoms. The summed E-state index contributed by atoms with van der Waals surface area (Å²) < 4.78 is 7.67. The minimum atomic E-state index is -0.0726. The Labute approximate surface area is 124 Å². The number of nitrogens with two attached hydrogens (primary N) is 1. The summed E-state index contributed by atoms with van der Waals surface area (Å²) in [5, 5.41) is 4.44. The number of rotatable bonds is 3. The largest absolute Gasteiger partial charge is 0.357 e. The van der Waals surface area contributed by atoms with Crippen molar-refractivity contribution >= 4 is 11.5 Å². The number of hydrogen-bond donors (Lipinski definition) is 2. The molecule has 6 heteroatoms. The Hall–Kier alpha value is -1.66. The van der Waals surface area contributed by atoms with Gasteiger partial charge in [0.2, 0.25) is 5.91 Å². The van der Waals surface area contributed by atoms with Crippen molar-refractivity contribution in [1.29, 1.82) is 0 Å². The highest BCUT2D eigenvalue weighted by Gasteiger charge is 2.22. The monoisotopic (exact) mass is 290 g/mol. The van der Waals surface area contributed by atoms with E-state index in [0.29, 0.717) is 0 Å². The second-order valence-corrected chi connectivity index (χ2v) is 5.74. The molecule has 0 aromatic carbocycles. The summed E-state index contributed by atoms with van der Waals surface area (Å²) in [4.78, 5) is 11.5. The van der Waals surface area contributed by atoms with Gasteiger partial charge >= 0.3 is 0 Å². The summed E-state index contributed by atoms with van der Waals surface area (Å²) in [6.07, 6.45) is 12.0. The minimum Gasteiger partial charge on any atom is -0.357 e. The highest BCUT2D eigenvalue weighted by molar-refractivity contribution is 5.79. The van der Waals surface area contributed by atoms with Crippen LogP contribution in [0.2, 0.25) is 0 Å². The van der Waals surface area contributed by atoms with E-state index < -0.39 is 0 Å². The van der Waals surface area contributed by atoms with Gasteiger partial charge in [0.05, 0.1) is 6.20 Å². The van der Waals surface area contributed by atoms with E-state index in [9.17, 15) is 4.79 Å². The van der Waals surface area contributed by atoms with Gasteiger partial charge in [-0.1, -0.05) is 6.08 Å². The molecular formula is C15H22N4O2. The normalized spacial score (nSPS) is 26.2. The first-order chi connectivity index (χ1) is 10.3. The number of carbonyl (C=O) groups excluding carboxylic acids is 1. The molecule has 0 radical (unpaired) electrons. The highest BCUT2D eigenvalue weighted by Crippen LogP contribution is 2.31. The summed E-state index contributed by atoms with van der Waals surface area (Å²) in [6, 6.07) is 0. The van der Waals surface area contributed by atoms with Crippen molar-refractivity contribution in [3.05, 3.63) is 24.0 Å². The number of hydrogen-bond acceptors (Lipinski definition) is 4. The Morgan fingerprint density at radius 2 is 2.33 bits per heavy atom. The summed E-state index contributed by atoms with van der Waals surface area (Å²) in [5.74, 6) is 5.11. The lowest BCUT2D eigenvalue weighted by Gasteiger charge is -2.22. The lowest BCUT2D eigenvalue weighted by molar-refractivity contribution is -0.125. The van der Waals surface area contributed by atoms with E-state index in [-0.39, 0.29) is 18.1 Å². The van der Waals surface area contributed by atoms with E-state index in [1.807, 2.05) is 10.9 Å². The third-order valence-electron chi connectivity index (χ3n) is 4.35. The summed E-state index contributed by atoms with van der Waals surface area (Å²) in [6.45, 7) is 0.818. The zero-order chi connectivity index (χ0) is 14.7. The maximum atomic E-state index is 11.5. The minimum absolute atomic E-state index is 0.00419. The van der Waals surface area contributed by atoms with E-state index in [0.717, 1.165) is 44.3 Å². The number of amides is 1. The van der Waals surface area contributed by atoms with Crippen molar-refractivity contribution in [2.75, 3.05) is 6.61 Å². The van der Waals surface area contributed by atoms with Gasteiger partial charge in [0.25, 0.3) is 0 Å². The molecule has 1 saturated heterocycles. The van der Waals surface area contributed by atoms with Crippen molar-refractivity contribution in [1.82, 2.24) is 15.2 Å². The lowest BCUT2D eigenvalue weighted by Crippen LogP contribution is -2.36. The number of allylic oxidation sites excluding steroid dienone is 2. The maximum Gasteiger partial charge on any atom is 0.237 e. The second kappa shape index (κ2) is 6.41. The molecule has 3 N–H and O–H groups in total. The Kier molecular flexibility index (Phi) is 4.36. The average Bonchev–Trinajstić information content (AvgIpc) is 3.05. The summed E-state index contributed by atoms with van der Waals surface area (Å²) >= 11 is 0. The molecule has 0 saturated carbocycles. The van der Waals surface area contributed by atoms with Crippen molar-refractivity contribution in [2.45, 2.75) is 44.8 Å². The van der Waals surface area contributed by atoms with Crippen LogP contribution >= 0.6 is 0 Å². The van der Waals surface area contributed by atoms with Crippen LogP contribution in [0.5, 0.6) is 0 Å². The van der Waals surface area contributed by atoms with Gasteiger partial charge in [-0.25, -0.2) is 10.5 Å². The van der Waals surface area contributed by atoms with Gasteiger partial charge in [0.1, 0.15) is 6.23 Å². The van der Waals surface area contributed by atoms with Crippen molar-refractivity contribution < 1.29 is 9.53 Å². The number of aromatic nitrogens is 2. The van der Waals surface area contributed by atoms with Gasteiger partial charge in [-0.2, -0.15) is 5.10 Å². The van der Waals surface area contributed by atoms with Crippen LogP contribution in [-0.4, -0.2) is 22.3 Å². The number of nitrogens with zero attached hydrogens (tertiary/aromatic N) is 2. The van der Waals surface area contributed by atoms with Crippen LogP contribution < -0.4 is 11.3 Å². The topological polar surface area (TPSA) is 82.2 Å². The van der Waals surface area contributed by atoms with Crippen molar-refractivity contribution in [3.8, 4) is 0 Å². The van der Waals surface area contributed by atoms with E-state index >= 15 is 0 Å². The molecule has 0 bridgehead atoms. The average molecular weight is 290 g/mol. The zero-order valence-corrected chi connectivity index (χ0v) is 12.1. The van der Waals surface area contributed by atoms with Crippen LogP contribution in [-0.2, 0) is 9.53 Å². The van der Waals surface area contributed by atoms with Gasteiger partial charge in [0, 0.05) is 24.3 Å². The molecular weight excluding hydrogens is 268 g/mol. The quantitative estimate of drug-likeness (QED) is 0.505. The van der Waals surface area contributed by atoms with Crippen LogP contribution in [0.4, 0.5) is 0 Å². The number of hydrazine groups is 1. The number of ether oxygens (including phenoxy) is 1. The summed E-state index contributed by atoms with van der Waals surface area (Å²) in [7, 11) is 0. The fraction of sp³-hybridized carbons (Fsp3) is 0.600. The van der Waals surface area contributed by atoms with Crippen LogP contribution in [0.3, 0.4) is 0 Å². The third-order valence-corrected chi connectivity index (χ3v) is 4.35. The Bertz CT molecular complexity index is 532. The molecule has 1 aliphatic carbocycles. The molecule has 2 atom stereocenters. The SMILES string of the molecule is NNC(=O)[C@H]1CC=C(c2cnn(C3CCCCO3)c2)CC1. The summed E-state index contributed by atoms with van der Waals surface area (Å²) in [5.41, 5.74) is 4.63. The molecule has 1 fully saturated rings. The molecule has 2 heterocycles. The Morgan fingerprint density at radius 3 is 3.00 bits per heavy atom. The second-order valence-electron chi connectivity index (χ2n) is 5.74. The van der Waals surface area contributed by atoms with Gasteiger partial charge in [-0.05, 0) is 44.1 Å². The van der Waals surface area contributed by atoms with E-state index in [4.69, 9.17) is 10.6 Å². The van der Waals surface area contributed by atoms with Crippen LogP contribution in [0.15, 0.2) is 18.5 Å². The van der Waals surface area contributed by atoms with Gasteiger partial charge in [0.15, 0.2) is 0 Å². The maximum absolute atomic E-state index is 11.5. The van der Waals surface area contributed by atoms with Crippen LogP contribution in [0, 0.1) is 5.92 Å². The molecule has 1 aliphatic heterocycles. The first-order valence-corrected chi connectivity index (χ1v) is 7.63. The molecule has 1 aromatic rings. The molecule has 6 nitrogen and oxygen atoms in total. The number of nitrogens with one attached hydrogen (secondary N) is 1. The number of carbonyl (C=O) groups is 1. The Balaban J connectivity index is 1.66. The molecule has 1 aromatic heterocycles.